The lowest BCUT2D eigenvalue weighted by atomic mass is 9.82. The van der Waals surface area contributed by atoms with Gasteiger partial charge in [-0.2, -0.15) is 0 Å². The van der Waals surface area contributed by atoms with Crippen molar-refractivity contribution in [1.29, 1.82) is 0 Å². The maximum Gasteiger partial charge on any atom is 0.225 e. The monoisotopic (exact) mass is 398 g/mol. The Morgan fingerprint density at radius 3 is 2.30 bits per heavy atom. The molecule has 1 aliphatic carbocycles. The van der Waals surface area contributed by atoms with E-state index >= 15 is 0 Å². The van der Waals surface area contributed by atoms with E-state index in [0.29, 0.717) is 12.0 Å². The van der Waals surface area contributed by atoms with Crippen LogP contribution in [-0.4, -0.2) is 41.9 Å². The number of para-hydroxylation sites is 1. The number of aromatic nitrogens is 2. The minimum Gasteiger partial charge on any atom is -0.368 e. The largest absolute Gasteiger partial charge is 0.368 e. The third-order valence-corrected chi connectivity index (χ3v) is 6.26. The number of carbonyl (C=O) groups is 1. The van der Waals surface area contributed by atoms with Crippen molar-refractivity contribution in [2.24, 2.45) is 0 Å². The van der Waals surface area contributed by atoms with Gasteiger partial charge in [0.25, 0.3) is 0 Å². The summed E-state index contributed by atoms with van der Waals surface area (Å²) < 4.78 is 0. The van der Waals surface area contributed by atoms with E-state index in [1.165, 1.54) is 16.8 Å². The van der Waals surface area contributed by atoms with Gasteiger partial charge in [0.1, 0.15) is 0 Å². The number of ketones is 1. The Kier molecular flexibility index (Phi) is 4.95. The van der Waals surface area contributed by atoms with Crippen molar-refractivity contribution in [2.75, 3.05) is 36.0 Å². The molecule has 2 heterocycles. The topological polar surface area (TPSA) is 49.3 Å². The predicted molar refractivity (Wildman–Crippen MR) is 119 cm³/mol. The zero-order valence-corrected chi connectivity index (χ0v) is 17.3. The number of anilines is 2. The molecular weight excluding hydrogens is 372 g/mol. The van der Waals surface area contributed by atoms with Crippen LogP contribution < -0.4 is 9.80 Å². The molecule has 152 valence electrons. The zero-order chi connectivity index (χ0) is 20.5. The van der Waals surface area contributed by atoms with Gasteiger partial charge in [0.05, 0.1) is 11.3 Å². The van der Waals surface area contributed by atoms with Crippen LogP contribution in [0.3, 0.4) is 0 Å². The molecule has 0 radical (unpaired) electrons. The highest BCUT2D eigenvalue weighted by atomic mass is 16.1. The number of nitrogens with zero attached hydrogens (tertiary/aromatic N) is 4. The molecule has 0 bridgehead atoms. The summed E-state index contributed by atoms with van der Waals surface area (Å²) in [6.07, 6.45) is 3.08. The minimum absolute atomic E-state index is 0.155. The Morgan fingerprint density at radius 1 is 0.867 bits per heavy atom. The van der Waals surface area contributed by atoms with Crippen LogP contribution in [0.25, 0.3) is 0 Å². The molecule has 0 amide bonds. The second-order valence-corrected chi connectivity index (χ2v) is 8.28. The SMILES string of the molecule is Cc1ccc([C@H]2CC(=O)c3cnc(N4CCN(c5ccccc5)CC4)nc3C2)cc1. The van der Waals surface area contributed by atoms with Crippen LogP contribution in [0.15, 0.2) is 60.8 Å². The Morgan fingerprint density at radius 2 is 1.57 bits per heavy atom. The highest BCUT2D eigenvalue weighted by Gasteiger charge is 2.29. The molecule has 5 heteroatoms. The lowest BCUT2D eigenvalue weighted by molar-refractivity contribution is 0.0962. The smallest absolute Gasteiger partial charge is 0.225 e. The van der Waals surface area contributed by atoms with Gasteiger partial charge in [-0.15, -0.1) is 0 Å². The molecule has 0 N–H and O–H groups in total. The van der Waals surface area contributed by atoms with E-state index in [0.717, 1.165) is 44.2 Å². The van der Waals surface area contributed by atoms with Crippen molar-refractivity contribution < 1.29 is 4.79 Å². The number of fused-ring (bicyclic) bond motifs is 1. The van der Waals surface area contributed by atoms with Crippen LogP contribution in [0.4, 0.5) is 11.6 Å². The summed E-state index contributed by atoms with van der Waals surface area (Å²) in [5.41, 5.74) is 5.31. The van der Waals surface area contributed by atoms with Crippen molar-refractivity contribution >= 4 is 17.4 Å². The van der Waals surface area contributed by atoms with Crippen LogP contribution in [0.2, 0.25) is 0 Å². The minimum atomic E-state index is 0.155. The number of carbonyl (C=O) groups excluding carboxylic acids is 1. The number of hydrogen-bond acceptors (Lipinski definition) is 5. The molecule has 30 heavy (non-hydrogen) atoms. The third-order valence-electron chi connectivity index (χ3n) is 6.26. The highest BCUT2D eigenvalue weighted by Crippen LogP contribution is 2.32. The first-order valence-electron chi connectivity index (χ1n) is 10.7. The summed E-state index contributed by atoms with van der Waals surface area (Å²) in [7, 11) is 0. The number of piperazine rings is 1. The van der Waals surface area contributed by atoms with E-state index in [1.807, 2.05) is 6.07 Å². The molecule has 5 rings (SSSR count). The van der Waals surface area contributed by atoms with Crippen molar-refractivity contribution in [3.63, 3.8) is 0 Å². The molecule has 0 spiro atoms. The van der Waals surface area contributed by atoms with Crippen LogP contribution in [0.5, 0.6) is 0 Å². The van der Waals surface area contributed by atoms with Gasteiger partial charge < -0.3 is 9.80 Å². The molecule has 0 unspecified atom stereocenters. The van der Waals surface area contributed by atoms with Gasteiger partial charge >= 0.3 is 0 Å². The molecule has 1 aliphatic heterocycles. The molecular formula is C25H26N4O. The quantitative estimate of drug-likeness (QED) is 0.667. The van der Waals surface area contributed by atoms with Gasteiger partial charge in [0, 0.05) is 44.5 Å². The Hall–Kier alpha value is -3.21. The maximum atomic E-state index is 12.7. The van der Waals surface area contributed by atoms with Crippen molar-refractivity contribution in [1.82, 2.24) is 9.97 Å². The summed E-state index contributed by atoms with van der Waals surface area (Å²) in [5.74, 6) is 1.10. The first kappa shape index (κ1) is 18.8. The van der Waals surface area contributed by atoms with E-state index in [-0.39, 0.29) is 11.7 Å². The summed E-state index contributed by atoms with van der Waals surface area (Å²) in [6.45, 7) is 5.72. The summed E-state index contributed by atoms with van der Waals surface area (Å²) in [5, 5.41) is 0. The average molecular weight is 399 g/mol. The fourth-order valence-electron chi connectivity index (χ4n) is 4.46. The molecule has 3 aromatic rings. The summed E-state index contributed by atoms with van der Waals surface area (Å²) >= 11 is 0. The Balaban J connectivity index is 1.32. The number of hydrogen-bond donors (Lipinski definition) is 0. The lowest BCUT2D eigenvalue weighted by Crippen LogP contribution is -2.47. The normalized spacial score (nSPS) is 19.0. The van der Waals surface area contributed by atoms with E-state index in [1.54, 1.807) is 6.20 Å². The Bertz CT molecular complexity index is 1040. The van der Waals surface area contributed by atoms with Gasteiger partial charge in [0.2, 0.25) is 5.95 Å². The highest BCUT2D eigenvalue weighted by molar-refractivity contribution is 5.98. The van der Waals surface area contributed by atoms with E-state index < -0.39 is 0 Å². The maximum absolute atomic E-state index is 12.7. The molecule has 1 atom stereocenters. The first-order chi connectivity index (χ1) is 14.7. The lowest BCUT2D eigenvalue weighted by Gasteiger charge is -2.36. The van der Waals surface area contributed by atoms with Gasteiger partial charge in [-0.3, -0.25) is 4.79 Å². The fraction of sp³-hybridized carbons (Fsp3) is 0.320. The molecule has 1 fully saturated rings. The van der Waals surface area contributed by atoms with Crippen LogP contribution in [-0.2, 0) is 6.42 Å². The molecule has 1 saturated heterocycles. The second kappa shape index (κ2) is 7.90. The van der Waals surface area contributed by atoms with Gasteiger partial charge in [-0.1, -0.05) is 48.0 Å². The number of aryl methyl sites for hydroxylation is 1. The van der Waals surface area contributed by atoms with E-state index in [4.69, 9.17) is 4.98 Å². The van der Waals surface area contributed by atoms with Crippen molar-refractivity contribution in [2.45, 2.75) is 25.7 Å². The zero-order valence-electron chi connectivity index (χ0n) is 17.3. The van der Waals surface area contributed by atoms with Crippen LogP contribution in [0.1, 0.15) is 39.5 Å². The summed E-state index contributed by atoms with van der Waals surface area (Å²) in [4.78, 5) is 26.8. The van der Waals surface area contributed by atoms with Crippen molar-refractivity contribution in [3.05, 3.63) is 83.2 Å². The number of Topliss-reactive ketones (excluding diaryl/α,β-unsaturated/α-hetero) is 1. The number of rotatable bonds is 3. The third kappa shape index (κ3) is 3.67. The van der Waals surface area contributed by atoms with Gasteiger partial charge in [-0.05, 0) is 37.0 Å². The average Bonchev–Trinajstić information content (AvgIpc) is 2.80. The van der Waals surface area contributed by atoms with Gasteiger partial charge in [-0.25, -0.2) is 9.97 Å². The molecule has 5 nitrogen and oxygen atoms in total. The molecule has 1 aromatic heterocycles. The molecule has 0 saturated carbocycles. The standard InChI is InChI=1S/C25H26N4O/c1-18-7-9-19(10-8-18)20-15-23-22(24(30)16-20)17-26-25(27-23)29-13-11-28(12-14-29)21-5-3-2-4-6-21/h2-10,17,20H,11-16H2,1H3/t20-/m1/s1. The second-order valence-electron chi connectivity index (χ2n) is 8.28. The first-order valence-corrected chi connectivity index (χ1v) is 10.7. The van der Waals surface area contributed by atoms with Crippen LogP contribution >= 0.6 is 0 Å². The summed E-state index contributed by atoms with van der Waals surface area (Å²) in [6, 6.07) is 19.0. The van der Waals surface area contributed by atoms with Gasteiger partial charge in [0.15, 0.2) is 5.78 Å². The predicted octanol–water partition coefficient (Wildman–Crippen LogP) is 4.02. The van der Waals surface area contributed by atoms with Crippen LogP contribution in [0, 0.1) is 6.92 Å². The molecule has 2 aliphatic rings. The van der Waals surface area contributed by atoms with E-state index in [9.17, 15) is 4.79 Å². The molecule has 2 aromatic carbocycles. The van der Waals surface area contributed by atoms with Crippen molar-refractivity contribution in [3.8, 4) is 0 Å². The number of benzene rings is 2. The Labute approximate surface area is 177 Å². The van der Waals surface area contributed by atoms with E-state index in [2.05, 4.69) is 70.2 Å². The fourth-order valence-corrected chi connectivity index (χ4v) is 4.46.